The number of benzene rings is 2. The topological polar surface area (TPSA) is 35.8 Å². The Kier molecular flexibility index (Phi) is 4.18. The largest absolute Gasteiger partial charge is 0.381 e. The van der Waals surface area contributed by atoms with Gasteiger partial charge >= 0.3 is 0 Å². The highest BCUT2D eigenvalue weighted by Gasteiger charge is 2.03. The number of hydrogen-bond acceptors (Lipinski definition) is 2. The van der Waals surface area contributed by atoms with E-state index in [0.29, 0.717) is 16.6 Å². The normalized spacial score (nSPS) is 10.0. The van der Waals surface area contributed by atoms with Gasteiger partial charge in [-0.1, -0.05) is 12.1 Å². The molecule has 0 saturated heterocycles. The lowest BCUT2D eigenvalue weighted by atomic mass is 10.1. The molecular weight excluding hydrogens is 307 g/mol. The van der Waals surface area contributed by atoms with Gasteiger partial charge in [-0.05, 0) is 58.2 Å². The number of rotatable bonds is 3. The molecule has 0 aromatic heterocycles. The van der Waals surface area contributed by atoms with E-state index in [4.69, 9.17) is 5.26 Å². The zero-order valence-corrected chi connectivity index (χ0v) is 12.0. The third kappa shape index (κ3) is 3.33. The van der Waals surface area contributed by atoms with Gasteiger partial charge in [0.25, 0.3) is 0 Å². The summed E-state index contributed by atoms with van der Waals surface area (Å²) in [6, 6.07) is 12.5. The van der Waals surface area contributed by atoms with Gasteiger partial charge in [-0.25, -0.2) is 4.39 Å². The van der Waals surface area contributed by atoms with Gasteiger partial charge < -0.3 is 5.32 Å². The fourth-order valence-corrected chi connectivity index (χ4v) is 2.16. The third-order valence-corrected chi connectivity index (χ3v) is 3.44. The molecule has 0 fully saturated rings. The lowest BCUT2D eigenvalue weighted by Gasteiger charge is -2.10. The van der Waals surface area contributed by atoms with Crippen molar-refractivity contribution >= 4 is 21.6 Å². The van der Waals surface area contributed by atoms with Crippen molar-refractivity contribution < 1.29 is 4.39 Å². The molecule has 19 heavy (non-hydrogen) atoms. The van der Waals surface area contributed by atoms with Crippen LogP contribution < -0.4 is 5.32 Å². The third-order valence-electron chi connectivity index (χ3n) is 2.83. The molecule has 2 rings (SSSR count). The smallest absolute Gasteiger partial charge is 0.137 e. The van der Waals surface area contributed by atoms with E-state index < -0.39 is 0 Å². The summed E-state index contributed by atoms with van der Waals surface area (Å²) in [7, 11) is 0. The van der Waals surface area contributed by atoms with Crippen molar-refractivity contribution in [1.29, 1.82) is 5.26 Å². The van der Waals surface area contributed by atoms with E-state index in [1.165, 1.54) is 6.07 Å². The summed E-state index contributed by atoms with van der Waals surface area (Å²) in [6.07, 6.45) is 0. The number of halogens is 2. The van der Waals surface area contributed by atoms with Crippen molar-refractivity contribution in [2.24, 2.45) is 0 Å². The van der Waals surface area contributed by atoms with Crippen molar-refractivity contribution in [3.8, 4) is 6.07 Å². The molecule has 0 aliphatic rings. The monoisotopic (exact) mass is 318 g/mol. The van der Waals surface area contributed by atoms with Crippen LogP contribution in [0.25, 0.3) is 0 Å². The molecule has 0 atom stereocenters. The van der Waals surface area contributed by atoms with Gasteiger partial charge in [0.15, 0.2) is 0 Å². The van der Waals surface area contributed by atoms with Crippen molar-refractivity contribution in [1.82, 2.24) is 0 Å². The van der Waals surface area contributed by atoms with Gasteiger partial charge in [-0.2, -0.15) is 5.26 Å². The molecule has 2 nitrogen and oxygen atoms in total. The van der Waals surface area contributed by atoms with Crippen LogP contribution >= 0.6 is 15.9 Å². The summed E-state index contributed by atoms with van der Waals surface area (Å²) in [5.41, 5.74) is 3.57. The van der Waals surface area contributed by atoms with E-state index in [9.17, 15) is 4.39 Å². The van der Waals surface area contributed by atoms with Crippen LogP contribution in [0.4, 0.5) is 10.1 Å². The standard InChI is InChI=1S/C15H12BrFN2/c1-10-2-3-11(8-18)7-15(10)19-9-12-4-5-14(17)13(16)6-12/h2-7,19H,9H2,1H3. The van der Waals surface area contributed by atoms with Crippen molar-refractivity contribution in [2.75, 3.05) is 5.32 Å². The maximum atomic E-state index is 13.1. The van der Waals surface area contributed by atoms with Gasteiger partial charge in [0.2, 0.25) is 0 Å². The van der Waals surface area contributed by atoms with Gasteiger partial charge in [0.05, 0.1) is 16.1 Å². The molecule has 0 aliphatic heterocycles. The Morgan fingerprint density at radius 2 is 2.05 bits per heavy atom. The zero-order valence-electron chi connectivity index (χ0n) is 10.4. The molecule has 1 N–H and O–H groups in total. The Hall–Kier alpha value is -1.86. The summed E-state index contributed by atoms with van der Waals surface area (Å²) < 4.78 is 13.6. The lowest BCUT2D eigenvalue weighted by molar-refractivity contribution is 0.620. The molecule has 2 aromatic carbocycles. The molecular formula is C15H12BrFN2. The van der Waals surface area contributed by atoms with Crippen LogP contribution in [0.5, 0.6) is 0 Å². The second kappa shape index (κ2) is 5.85. The van der Waals surface area contributed by atoms with Crippen LogP contribution in [-0.2, 0) is 6.54 Å². The molecule has 0 bridgehead atoms. The molecule has 0 aliphatic carbocycles. The Balaban J connectivity index is 2.14. The summed E-state index contributed by atoms with van der Waals surface area (Å²) in [4.78, 5) is 0. The minimum absolute atomic E-state index is 0.272. The highest BCUT2D eigenvalue weighted by atomic mass is 79.9. The summed E-state index contributed by atoms with van der Waals surface area (Å²) in [5, 5.41) is 12.1. The first-order valence-corrected chi connectivity index (χ1v) is 6.58. The van der Waals surface area contributed by atoms with Gasteiger partial charge in [0.1, 0.15) is 5.82 Å². The number of aryl methyl sites for hydroxylation is 1. The average Bonchev–Trinajstić information content (AvgIpc) is 2.41. The predicted molar refractivity (Wildman–Crippen MR) is 77.3 cm³/mol. The van der Waals surface area contributed by atoms with E-state index in [2.05, 4.69) is 27.3 Å². The maximum Gasteiger partial charge on any atom is 0.137 e. The van der Waals surface area contributed by atoms with E-state index in [1.807, 2.05) is 19.1 Å². The number of hydrogen-bond donors (Lipinski definition) is 1. The van der Waals surface area contributed by atoms with Crippen molar-refractivity contribution in [3.63, 3.8) is 0 Å². The number of nitriles is 1. The van der Waals surface area contributed by atoms with Gasteiger partial charge in [-0.3, -0.25) is 0 Å². The van der Waals surface area contributed by atoms with Crippen LogP contribution in [0.15, 0.2) is 40.9 Å². The number of anilines is 1. The SMILES string of the molecule is Cc1ccc(C#N)cc1NCc1ccc(F)c(Br)c1. The molecule has 0 heterocycles. The van der Waals surface area contributed by atoms with Crippen LogP contribution in [0.1, 0.15) is 16.7 Å². The van der Waals surface area contributed by atoms with E-state index in [0.717, 1.165) is 16.8 Å². The van der Waals surface area contributed by atoms with Crippen LogP contribution in [0.2, 0.25) is 0 Å². The van der Waals surface area contributed by atoms with Crippen LogP contribution in [0, 0.1) is 24.1 Å². The number of nitrogens with one attached hydrogen (secondary N) is 1. The second-order valence-corrected chi connectivity index (χ2v) is 5.10. The lowest BCUT2D eigenvalue weighted by Crippen LogP contribution is -2.01. The maximum absolute atomic E-state index is 13.1. The van der Waals surface area contributed by atoms with Crippen LogP contribution in [0.3, 0.4) is 0 Å². The fraction of sp³-hybridized carbons (Fsp3) is 0.133. The van der Waals surface area contributed by atoms with E-state index in [1.54, 1.807) is 18.2 Å². The molecule has 0 unspecified atom stereocenters. The molecule has 96 valence electrons. The molecule has 0 radical (unpaired) electrons. The van der Waals surface area contributed by atoms with Gasteiger partial charge in [0, 0.05) is 12.2 Å². The second-order valence-electron chi connectivity index (χ2n) is 4.24. The minimum Gasteiger partial charge on any atom is -0.381 e. The zero-order chi connectivity index (χ0) is 13.8. The summed E-state index contributed by atoms with van der Waals surface area (Å²) in [6.45, 7) is 2.55. The van der Waals surface area contributed by atoms with E-state index in [-0.39, 0.29) is 5.82 Å². The summed E-state index contributed by atoms with van der Waals surface area (Å²) in [5.74, 6) is -0.272. The number of nitrogens with zero attached hydrogens (tertiary/aromatic N) is 1. The quantitative estimate of drug-likeness (QED) is 0.911. The van der Waals surface area contributed by atoms with Crippen molar-refractivity contribution in [2.45, 2.75) is 13.5 Å². The Morgan fingerprint density at radius 3 is 2.74 bits per heavy atom. The molecule has 0 saturated carbocycles. The first-order chi connectivity index (χ1) is 9.10. The Labute approximate surface area is 120 Å². The predicted octanol–water partition coefficient (Wildman–Crippen LogP) is 4.38. The minimum atomic E-state index is -0.272. The Bertz CT molecular complexity index is 647. The van der Waals surface area contributed by atoms with Crippen LogP contribution in [-0.4, -0.2) is 0 Å². The highest BCUT2D eigenvalue weighted by Crippen LogP contribution is 2.20. The van der Waals surface area contributed by atoms with E-state index >= 15 is 0 Å². The average molecular weight is 319 g/mol. The molecule has 4 heteroatoms. The molecule has 0 spiro atoms. The molecule has 2 aromatic rings. The Morgan fingerprint density at radius 1 is 1.26 bits per heavy atom. The summed E-state index contributed by atoms with van der Waals surface area (Å²) >= 11 is 3.16. The highest BCUT2D eigenvalue weighted by molar-refractivity contribution is 9.10. The first kappa shape index (κ1) is 13.6. The van der Waals surface area contributed by atoms with Gasteiger partial charge in [-0.15, -0.1) is 0 Å². The molecule has 0 amide bonds. The van der Waals surface area contributed by atoms with Crippen molar-refractivity contribution in [3.05, 3.63) is 63.4 Å². The fourth-order valence-electron chi connectivity index (χ4n) is 1.73. The first-order valence-electron chi connectivity index (χ1n) is 5.78.